The Morgan fingerprint density at radius 2 is 1.94 bits per heavy atom. The molecule has 0 unspecified atom stereocenters. The van der Waals surface area contributed by atoms with Gasteiger partial charge in [0, 0.05) is 10.4 Å². The van der Waals surface area contributed by atoms with Gasteiger partial charge in [-0.3, -0.25) is 4.79 Å². The van der Waals surface area contributed by atoms with Gasteiger partial charge in [-0.05, 0) is 24.5 Å². The lowest BCUT2D eigenvalue weighted by Gasteiger charge is -2.26. The number of carboxylic acids is 1. The van der Waals surface area contributed by atoms with Gasteiger partial charge < -0.3 is 5.11 Å². The van der Waals surface area contributed by atoms with Gasteiger partial charge in [-0.1, -0.05) is 46.3 Å². The molecule has 1 aliphatic rings. The molecule has 0 bridgehead atoms. The number of hydrogen-bond donors (Lipinski definition) is 1. The van der Waals surface area contributed by atoms with Crippen molar-refractivity contribution in [1.82, 2.24) is 0 Å². The highest BCUT2D eigenvalue weighted by molar-refractivity contribution is 9.10. The lowest BCUT2D eigenvalue weighted by atomic mass is 9.78. The van der Waals surface area contributed by atoms with Crippen LogP contribution in [0.5, 0.6) is 0 Å². The molecule has 0 spiro atoms. The number of halogens is 1. The van der Waals surface area contributed by atoms with Gasteiger partial charge in [-0.15, -0.1) is 0 Å². The van der Waals surface area contributed by atoms with E-state index in [9.17, 15) is 9.90 Å². The smallest absolute Gasteiger partial charge is 0.307 e. The lowest BCUT2D eigenvalue weighted by molar-refractivity contribution is -0.142. The van der Waals surface area contributed by atoms with E-state index in [-0.39, 0.29) is 11.8 Å². The molecule has 0 heterocycles. The Hall–Kier alpha value is -1.09. The van der Waals surface area contributed by atoms with Crippen molar-refractivity contribution in [2.45, 2.75) is 18.8 Å². The SMILES string of the molecule is O=C(O)[C@@H]1CC=CC[C@H]1c1ccccc1Br. The number of benzene rings is 1. The molecule has 2 nitrogen and oxygen atoms in total. The Morgan fingerprint density at radius 3 is 2.62 bits per heavy atom. The van der Waals surface area contributed by atoms with E-state index in [2.05, 4.69) is 22.0 Å². The standard InChI is InChI=1S/C13H13BrO2/c14-12-8-4-3-6-10(12)9-5-1-2-7-11(9)13(15)16/h1-4,6,8-9,11H,5,7H2,(H,15,16)/t9-,11+/m0/s1. The van der Waals surface area contributed by atoms with E-state index in [0.717, 1.165) is 16.5 Å². The van der Waals surface area contributed by atoms with E-state index in [1.165, 1.54) is 0 Å². The molecule has 0 aromatic heterocycles. The zero-order valence-corrected chi connectivity index (χ0v) is 10.4. The summed E-state index contributed by atoms with van der Waals surface area (Å²) < 4.78 is 1.00. The average molecular weight is 281 g/mol. The van der Waals surface area contributed by atoms with E-state index in [4.69, 9.17) is 0 Å². The number of aliphatic carboxylic acids is 1. The highest BCUT2D eigenvalue weighted by Crippen LogP contribution is 2.37. The van der Waals surface area contributed by atoms with Crippen LogP contribution >= 0.6 is 15.9 Å². The summed E-state index contributed by atoms with van der Waals surface area (Å²) in [6.45, 7) is 0. The number of carboxylic acid groups (broad SMARTS) is 1. The lowest BCUT2D eigenvalue weighted by Crippen LogP contribution is -2.23. The van der Waals surface area contributed by atoms with Crippen molar-refractivity contribution in [3.8, 4) is 0 Å². The fourth-order valence-corrected chi connectivity index (χ4v) is 2.79. The number of rotatable bonds is 2. The molecule has 3 heteroatoms. The van der Waals surface area contributed by atoms with Crippen LogP contribution in [0.25, 0.3) is 0 Å². The van der Waals surface area contributed by atoms with Crippen LogP contribution in [0.4, 0.5) is 0 Å². The number of allylic oxidation sites excluding steroid dienone is 2. The van der Waals surface area contributed by atoms with E-state index in [0.29, 0.717) is 6.42 Å². The Balaban J connectivity index is 2.35. The highest BCUT2D eigenvalue weighted by atomic mass is 79.9. The van der Waals surface area contributed by atoms with E-state index in [1.54, 1.807) is 0 Å². The van der Waals surface area contributed by atoms with Crippen LogP contribution in [0.3, 0.4) is 0 Å². The Labute approximate surface area is 103 Å². The molecule has 0 amide bonds. The van der Waals surface area contributed by atoms with Crippen molar-refractivity contribution >= 4 is 21.9 Å². The summed E-state index contributed by atoms with van der Waals surface area (Å²) in [6, 6.07) is 7.87. The van der Waals surface area contributed by atoms with Crippen LogP contribution in [0.2, 0.25) is 0 Å². The van der Waals surface area contributed by atoms with E-state index >= 15 is 0 Å². The fourth-order valence-electron chi connectivity index (χ4n) is 2.21. The maximum absolute atomic E-state index is 11.2. The quantitative estimate of drug-likeness (QED) is 0.841. The summed E-state index contributed by atoms with van der Waals surface area (Å²) in [6.07, 6.45) is 5.47. The summed E-state index contributed by atoms with van der Waals surface area (Å²) in [7, 11) is 0. The van der Waals surface area contributed by atoms with Crippen LogP contribution in [-0.2, 0) is 4.79 Å². The first-order valence-electron chi connectivity index (χ1n) is 5.32. The zero-order valence-electron chi connectivity index (χ0n) is 8.77. The van der Waals surface area contributed by atoms with Gasteiger partial charge in [0.2, 0.25) is 0 Å². The highest BCUT2D eigenvalue weighted by Gasteiger charge is 2.30. The second-order valence-corrected chi connectivity index (χ2v) is 4.87. The summed E-state index contributed by atoms with van der Waals surface area (Å²) in [5, 5.41) is 9.21. The minimum Gasteiger partial charge on any atom is -0.481 e. The largest absolute Gasteiger partial charge is 0.481 e. The van der Waals surface area contributed by atoms with Crippen molar-refractivity contribution in [3.63, 3.8) is 0 Å². The minimum absolute atomic E-state index is 0.0816. The molecule has 0 saturated heterocycles. The normalized spacial score (nSPS) is 24.3. The Kier molecular flexibility index (Phi) is 3.44. The van der Waals surface area contributed by atoms with Crippen LogP contribution < -0.4 is 0 Å². The monoisotopic (exact) mass is 280 g/mol. The van der Waals surface area contributed by atoms with Crippen LogP contribution in [0.1, 0.15) is 24.3 Å². The molecule has 0 saturated carbocycles. The second kappa shape index (κ2) is 4.83. The third kappa shape index (κ3) is 2.19. The molecule has 0 fully saturated rings. The van der Waals surface area contributed by atoms with Gasteiger partial charge in [-0.25, -0.2) is 0 Å². The fraction of sp³-hybridized carbons (Fsp3) is 0.308. The van der Waals surface area contributed by atoms with Gasteiger partial charge in [0.15, 0.2) is 0 Å². The van der Waals surface area contributed by atoms with Crippen molar-refractivity contribution in [1.29, 1.82) is 0 Å². The molecule has 84 valence electrons. The molecule has 16 heavy (non-hydrogen) atoms. The maximum atomic E-state index is 11.2. The molecule has 0 aliphatic heterocycles. The summed E-state index contributed by atoms with van der Waals surface area (Å²) >= 11 is 3.49. The molecule has 2 rings (SSSR count). The topological polar surface area (TPSA) is 37.3 Å². The van der Waals surface area contributed by atoms with Crippen molar-refractivity contribution in [2.24, 2.45) is 5.92 Å². The maximum Gasteiger partial charge on any atom is 0.307 e. The summed E-state index contributed by atoms with van der Waals surface area (Å²) in [5.74, 6) is -0.924. The molecule has 1 aliphatic carbocycles. The summed E-state index contributed by atoms with van der Waals surface area (Å²) in [5.41, 5.74) is 1.10. The van der Waals surface area contributed by atoms with Crippen LogP contribution in [0.15, 0.2) is 40.9 Å². The van der Waals surface area contributed by atoms with E-state index < -0.39 is 5.97 Å². The first-order chi connectivity index (χ1) is 7.70. The van der Waals surface area contributed by atoms with Gasteiger partial charge in [-0.2, -0.15) is 0 Å². The first kappa shape index (κ1) is 11.4. The van der Waals surface area contributed by atoms with Crippen LogP contribution in [0, 0.1) is 5.92 Å². The van der Waals surface area contributed by atoms with Gasteiger partial charge in [0.25, 0.3) is 0 Å². The predicted octanol–water partition coefficient (Wildman–Crippen LogP) is 3.58. The molecule has 1 N–H and O–H groups in total. The summed E-state index contributed by atoms with van der Waals surface area (Å²) in [4.78, 5) is 11.2. The van der Waals surface area contributed by atoms with Crippen molar-refractivity contribution in [3.05, 3.63) is 46.5 Å². The predicted molar refractivity (Wildman–Crippen MR) is 66.4 cm³/mol. The molecular weight excluding hydrogens is 268 g/mol. The van der Waals surface area contributed by atoms with Gasteiger partial charge >= 0.3 is 5.97 Å². The molecule has 1 aromatic carbocycles. The van der Waals surface area contributed by atoms with E-state index in [1.807, 2.05) is 30.3 Å². The van der Waals surface area contributed by atoms with Gasteiger partial charge in [0.1, 0.15) is 0 Å². The Bertz CT molecular complexity index is 426. The second-order valence-electron chi connectivity index (χ2n) is 4.02. The molecule has 1 aromatic rings. The number of carbonyl (C=O) groups is 1. The molecule has 2 atom stereocenters. The van der Waals surface area contributed by atoms with Crippen molar-refractivity contribution in [2.75, 3.05) is 0 Å². The Morgan fingerprint density at radius 1 is 1.25 bits per heavy atom. The molecule has 0 radical (unpaired) electrons. The van der Waals surface area contributed by atoms with Crippen molar-refractivity contribution < 1.29 is 9.90 Å². The van der Waals surface area contributed by atoms with Gasteiger partial charge in [0.05, 0.1) is 5.92 Å². The minimum atomic E-state index is -0.704. The average Bonchev–Trinajstić information content (AvgIpc) is 2.29. The number of hydrogen-bond acceptors (Lipinski definition) is 1. The first-order valence-corrected chi connectivity index (χ1v) is 6.11. The molecular formula is C13H13BrO2. The zero-order chi connectivity index (χ0) is 11.5. The third-order valence-electron chi connectivity index (χ3n) is 3.05. The third-order valence-corrected chi connectivity index (χ3v) is 3.78. The van der Waals surface area contributed by atoms with Crippen LogP contribution in [-0.4, -0.2) is 11.1 Å².